The molecular weight excluding hydrogens is 246 g/mol. The fourth-order valence-corrected chi connectivity index (χ4v) is 2.40. The van der Waals surface area contributed by atoms with Gasteiger partial charge in [-0.3, -0.25) is 0 Å². The first-order valence-electron chi connectivity index (χ1n) is 7.59. The van der Waals surface area contributed by atoms with Gasteiger partial charge in [-0.05, 0) is 31.0 Å². The normalized spacial score (nSPS) is 14.2. The van der Waals surface area contributed by atoms with E-state index >= 15 is 0 Å². The zero-order valence-corrected chi connectivity index (χ0v) is 12.7. The minimum atomic E-state index is 0.386. The molecule has 2 atom stereocenters. The molecule has 3 heteroatoms. The van der Waals surface area contributed by atoms with Crippen molar-refractivity contribution in [3.05, 3.63) is 48.3 Å². The second-order valence-corrected chi connectivity index (χ2v) is 5.37. The highest BCUT2D eigenvalue weighted by molar-refractivity contribution is 5.31. The SMILES string of the molecule is CCCNC(c1cnn(-c2ccccc2)c1)C(C)CC. The number of nitrogens with one attached hydrogen (secondary N) is 1. The van der Waals surface area contributed by atoms with E-state index in [0.717, 1.165) is 25.1 Å². The highest BCUT2D eigenvalue weighted by Crippen LogP contribution is 2.24. The van der Waals surface area contributed by atoms with E-state index in [9.17, 15) is 0 Å². The molecule has 0 aliphatic carbocycles. The van der Waals surface area contributed by atoms with Crippen LogP contribution in [0.15, 0.2) is 42.7 Å². The molecule has 108 valence electrons. The Balaban J connectivity index is 2.20. The number of nitrogens with zero attached hydrogens (tertiary/aromatic N) is 2. The van der Waals surface area contributed by atoms with Gasteiger partial charge >= 0.3 is 0 Å². The second-order valence-electron chi connectivity index (χ2n) is 5.37. The zero-order chi connectivity index (χ0) is 14.4. The number of aromatic nitrogens is 2. The minimum Gasteiger partial charge on any atom is -0.310 e. The third-order valence-electron chi connectivity index (χ3n) is 3.81. The van der Waals surface area contributed by atoms with Gasteiger partial charge in [0, 0.05) is 17.8 Å². The van der Waals surface area contributed by atoms with E-state index in [4.69, 9.17) is 0 Å². The fourth-order valence-electron chi connectivity index (χ4n) is 2.40. The highest BCUT2D eigenvalue weighted by Gasteiger charge is 2.18. The van der Waals surface area contributed by atoms with Crippen molar-refractivity contribution < 1.29 is 0 Å². The lowest BCUT2D eigenvalue weighted by molar-refractivity contribution is 0.377. The smallest absolute Gasteiger partial charge is 0.0645 e. The van der Waals surface area contributed by atoms with Gasteiger partial charge in [-0.15, -0.1) is 0 Å². The molecule has 2 aromatic rings. The van der Waals surface area contributed by atoms with E-state index in [1.54, 1.807) is 0 Å². The molecule has 2 unspecified atom stereocenters. The molecule has 20 heavy (non-hydrogen) atoms. The van der Waals surface area contributed by atoms with Crippen LogP contribution >= 0.6 is 0 Å². The zero-order valence-electron chi connectivity index (χ0n) is 12.7. The molecule has 0 aliphatic heterocycles. The van der Waals surface area contributed by atoms with E-state index in [1.165, 1.54) is 5.56 Å². The van der Waals surface area contributed by atoms with E-state index < -0.39 is 0 Å². The first kappa shape index (κ1) is 14.8. The molecule has 0 spiro atoms. The van der Waals surface area contributed by atoms with Crippen LogP contribution in [0, 0.1) is 5.92 Å². The molecular formula is C17H25N3. The molecule has 0 radical (unpaired) electrons. The Morgan fingerprint density at radius 2 is 1.95 bits per heavy atom. The number of benzene rings is 1. The first-order chi connectivity index (χ1) is 9.76. The third kappa shape index (κ3) is 3.48. The summed E-state index contributed by atoms with van der Waals surface area (Å²) in [7, 11) is 0. The van der Waals surface area contributed by atoms with Gasteiger partial charge in [-0.2, -0.15) is 5.10 Å². The summed E-state index contributed by atoms with van der Waals surface area (Å²) in [6.07, 6.45) is 6.46. The molecule has 2 rings (SSSR count). The van der Waals surface area contributed by atoms with Crippen molar-refractivity contribution in [3.63, 3.8) is 0 Å². The van der Waals surface area contributed by atoms with E-state index in [1.807, 2.05) is 29.1 Å². The summed E-state index contributed by atoms with van der Waals surface area (Å²) in [5.41, 5.74) is 2.38. The molecule has 0 amide bonds. The Morgan fingerprint density at radius 3 is 2.60 bits per heavy atom. The Kier molecular flexibility index (Phi) is 5.36. The van der Waals surface area contributed by atoms with Gasteiger partial charge in [-0.1, -0.05) is 45.4 Å². The lowest BCUT2D eigenvalue weighted by atomic mass is 9.94. The van der Waals surface area contributed by atoms with Crippen molar-refractivity contribution in [3.8, 4) is 5.69 Å². The molecule has 1 N–H and O–H groups in total. The van der Waals surface area contributed by atoms with Crippen LogP contribution in [0.3, 0.4) is 0 Å². The maximum absolute atomic E-state index is 4.51. The number of hydrogen-bond donors (Lipinski definition) is 1. The molecule has 0 saturated heterocycles. The Morgan fingerprint density at radius 1 is 1.20 bits per heavy atom. The number of para-hydroxylation sites is 1. The Labute approximate surface area is 122 Å². The van der Waals surface area contributed by atoms with Crippen LogP contribution in [-0.4, -0.2) is 16.3 Å². The van der Waals surface area contributed by atoms with E-state index in [-0.39, 0.29) is 0 Å². The monoisotopic (exact) mass is 271 g/mol. The van der Waals surface area contributed by atoms with Crippen molar-refractivity contribution in [2.45, 2.75) is 39.7 Å². The predicted octanol–water partition coefficient (Wildman–Crippen LogP) is 3.96. The predicted molar refractivity (Wildman–Crippen MR) is 84.1 cm³/mol. The van der Waals surface area contributed by atoms with Gasteiger partial charge in [0.25, 0.3) is 0 Å². The molecule has 1 aromatic carbocycles. The van der Waals surface area contributed by atoms with Crippen molar-refractivity contribution in [2.24, 2.45) is 5.92 Å². The van der Waals surface area contributed by atoms with Crippen LogP contribution in [0.2, 0.25) is 0 Å². The van der Waals surface area contributed by atoms with Crippen molar-refractivity contribution in [2.75, 3.05) is 6.54 Å². The summed E-state index contributed by atoms with van der Waals surface area (Å²) in [6.45, 7) is 7.79. The number of hydrogen-bond acceptors (Lipinski definition) is 2. The van der Waals surface area contributed by atoms with Crippen molar-refractivity contribution in [1.29, 1.82) is 0 Å². The quantitative estimate of drug-likeness (QED) is 0.826. The van der Waals surface area contributed by atoms with Gasteiger partial charge in [0.05, 0.1) is 11.9 Å². The summed E-state index contributed by atoms with van der Waals surface area (Å²) < 4.78 is 1.96. The van der Waals surface area contributed by atoms with Crippen molar-refractivity contribution >= 4 is 0 Å². The molecule has 0 bridgehead atoms. The summed E-state index contributed by atoms with van der Waals surface area (Å²) in [5.74, 6) is 0.606. The van der Waals surface area contributed by atoms with Crippen LogP contribution in [0.4, 0.5) is 0 Å². The van der Waals surface area contributed by atoms with Crippen LogP contribution in [0.25, 0.3) is 5.69 Å². The Hall–Kier alpha value is -1.61. The Bertz CT molecular complexity index is 504. The molecule has 0 aliphatic rings. The third-order valence-corrected chi connectivity index (χ3v) is 3.81. The summed E-state index contributed by atoms with van der Waals surface area (Å²) >= 11 is 0. The minimum absolute atomic E-state index is 0.386. The lowest BCUT2D eigenvalue weighted by Gasteiger charge is -2.23. The van der Waals surface area contributed by atoms with Crippen LogP contribution in [-0.2, 0) is 0 Å². The van der Waals surface area contributed by atoms with Gasteiger partial charge in [0.1, 0.15) is 0 Å². The maximum atomic E-state index is 4.51. The maximum Gasteiger partial charge on any atom is 0.0645 e. The average molecular weight is 271 g/mol. The van der Waals surface area contributed by atoms with Gasteiger partial charge in [0.2, 0.25) is 0 Å². The fraction of sp³-hybridized carbons (Fsp3) is 0.471. The van der Waals surface area contributed by atoms with Gasteiger partial charge < -0.3 is 5.32 Å². The molecule has 0 fully saturated rings. The summed E-state index contributed by atoms with van der Waals surface area (Å²) in [5, 5.41) is 8.16. The van der Waals surface area contributed by atoms with Gasteiger partial charge in [-0.25, -0.2) is 4.68 Å². The average Bonchev–Trinajstić information content (AvgIpc) is 2.98. The lowest BCUT2D eigenvalue weighted by Crippen LogP contribution is -2.27. The van der Waals surface area contributed by atoms with Crippen LogP contribution < -0.4 is 5.32 Å². The highest BCUT2D eigenvalue weighted by atomic mass is 15.3. The first-order valence-corrected chi connectivity index (χ1v) is 7.59. The van der Waals surface area contributed by atoms with Crippen LogP contribution in [0.1, 0.15) is 45.2 Å². The summed E-state index contributed by atoms with van der Waals surface area (Å²) in [4.78, 5) is 0. The molecule has 1 aromatic heterocycles. The molecule has 0 saturated carbocycles. The van der Waals surface area contributed by atoms with E-state index in [0.29, 0.717) is 12.0 Å². The van der Waals surface area contributed by atoms with Gasteiger partial charge in [0.15, 0.2) is 0 Å². The van der Waals surface area contributed by atoms with Crippen LogP contribution in [0.5, 0.6) is 0 Å². The standard InChI is InChI=1S/C17H25N3/c1-4-11-18-17(14(3)5-2)15-12-19-20(13-15)16-9-7-6-8-10-16/h6-10,12-14,17-18H,4-5,11H2,1-3H3. The van der Waals surface area contributed by atoms with E-state index in [2.05, 4.69) is 49.5 Å². The second kappa shape index (κ2) is 7.25. The topological polar surface area (TPSA) is 29.9 Å². The molecule has 3 nitrogen and oxygen atoms in total. The number of rotatable bonds is 7. The largest absolute Gasteiger partial charge is 0.310 e. The molecule has 1 heterocycles. The van der Waals surface area contributed by atoms with Crippen molar-refractivity contribution in [1.82, 2.24) is 15.1 Å². The summed E-state index contributed by atoms with van der Waals surface area (Å²) in [6, 6.07) is 10.6.